The minimum absolute atomic E-state index is 0.273. The Morgan fingerprint density at radius 1 is 1.07 bits per heavy atom. The van der Waals surface area contributed by atoms with Gasteiger partial charge < -0.3 is 25.3 Å². The molecule has 1 aliphatic carbocycles. The molecule has 30 heavy (non-hydrogen) atoms. The summed E-state index contributed by atoms with van der Waals surface area (Å²) in [7, 11) is 2.20. The average Bonchev–Trinajstić information content (AvgIpc) is 3.22. The summed E-state index contributed by atoms with van der Waals surface area (Å²) in [6.45, 7) is 13.6. The smallest absolute Gasteiger partial charge is 0.225 e. The van der Waals surface area contributed by atoms with Gasteiger partial charge in [-0.15, -0.1) is 0 Å². The van der Waals surface area contributed by atoms with Crippen molar-refractivity contribution < 1.29 is 4.79 Å². The van der Waals surface area contributed by atoms with Gasteiger partial charge in [0.05, 0.1) is 0 Å². The molecule has 0 aromatic rings. The van der Waals surface area contributed by atoms with Crippen molar-refractivity contribution >= 4 is 11.9 Å². The molecule has 0 radical (unpaired) electrons. The van der Waals surface area contributed by atoms with Gasteiger partial charge in [-0.3, -0.25) is 9.79 Å². The second-order valence-electron chi connectivity index (χ2n) is 9.68. The highest BCUT2D eigenvalue weighted by molar-refractivity contribution is 5.81. The molecule has 172 valence electrons. The van der Waals surface area contributed by atoms with E-state index in [0.717, 1.165) is 84.1 Å². The Balaban J connectivity index is 1.43. The molecule has 2 unspecified atom stereocenters. The second-order valence-corrected chi connectivity index (χ2v) is 9.68. The normalized spacial score (nSPS) is 26.0. The van der Waals surface area contributed by atoms with Gasteiger partial charge in [0.15, 0.2) is 5.96 Å². The average molecular weight is 421 g/mol. The van der Waals surface area contributed by atoms with Crippen LogP contribution in [-0.2, 0) is 4.79 Å². The van der Waals surface area contributed by atoms with Gasteiger partial charge in [-0.05, 0) is 39.2 Å². The second kappa shape index (κ2) is 11.9. The van der Waals surface area contributed by atoms with Gasteiger partial charge >= 0.3 is 0 Å². The number of hydrogen-bond acceptors (Lipinski definition) is 4. The Kier molecular flexibility index (Phi) is 9.25. The van der Waals surface area contributed by atoms with Crippen LogP contribution in [0.3, 0.4) is 0 Å². The third kappa shape index (κ3) is 7.12. The van der Waals surface area contributed by atoms with Crippen molar-refractivity contribution in [2.75, 3.05) is 66.0 Å². The van der Waals surface area contributed by atoms with Crippen molar-refractivity contribution in [1.29, 1.82) is 0 Å². The molecular weight excluding hydrogens is 376 g/mol. The summed E-state index contributed by atoms with van der Waals surface area (Å²) in [6.07, 6.45) is 6.92. The van der Waals surface area contributed by atoms with Crippen LogP contribution in [0.25, 0.3) is 0 Å². The lowest BCUT2D eigenvalue weighted by atomic mass is 9.88. The number of likely N-dealkylation sites (N-methyl/N-ethyl adjacent to an activating group) is 1. The van der Waals surface area contributed by atoms with Gasteiger partial charge in [0.1, 0.15) is 0 Å². The van der Waals surface area contributed by atoms with Crippen molar-refractivity contribution in [1.82, 2.24) is 25.3 Å². The van der Waals surface area contributed by atoms with Crippen LogP contribution in [0.15, 0.2) is 4.99 Å². The first-order valence-corrected chi connectivity index (χ1v) is 12.3. The summed E-state index contributed by atoms with van der Waals surface area (Å²) in [5.41, 5.74) is 0. The van der Waals surface area contributed by atoms with E-state index in [1.165, 1.54) is 19.3 Å². The molecular formula is C23H44N6O. The number of carbonyl (C=O) groups excluding carboxylic acids is 1. The van der Waals surface area contributed by atoms with Gasteiger partial charge in [0.25, 0.3) is 0 Å². The van der Waals surface area contributed by atoms with Gasteiger partial charge in [0, 0.05) is 70.9 Å². The van der Waals surface area contributed by atoms with Crippen LogP contribution in [0, 0.1) is 11.8 Å². The van der Waals surface area contributed by atoms with Crippen molar-refractivity contribution in [3.8, 4) is 0 Å². The zero-order chi connectivity index (χ0) is 21.3. The highest BCUT2D eigenvalue weighted by Gasteiger charge is 2.31. The van der Waals surface area contributed by atoms with Crippen LogP contribution in [0.4, 0.5) is 0 Å². The molecule has 2 N–H and O–H groups in total. The summed E-state index contributed by atoms with van der Waals surface area (Å²) in [5.74, 6) is 2.10. The van der Waals surface area contributed by atoms with Crippen LogP contribution in [0.2, 0.25) is 0 Å². The summed E-state index contributed by atoms with van der Waals surface area (Å²) < 4.78 is 0. The summed E-state index contributed by atoms with van der Waals surface area (Å²) in [4.78, 5) is 24.7. The summed E-state index contributed by atoms with van der Waals surface area (Å²) >= 11 is 0. The molecule has 1 amide bonds. The quantitative estimate of drug-likeness (QED) is 0.484. The monoisotopic (exact) mass is 420 g/mol. The molecule has 3 aliphatic rings. The van der Waals surface area contributed by atoms with E-state index in [0.29, 0.717) is 17.9 Å². The number of piperazine rings is 1. The topological polar surface area (TPSA) is 63.2 Å². The maximum Gasteiger partial charge on any atom is 0.225 e. The molecule has 0 aromatic heterocycles. The lowest BCUT2D eigenvalue weighted by Crippen LogP contribution is -2.47. The molecule has 0 bridgehead atoms. The largest absolute Gasteiger partial charge is 0.357 e. The number of guanidine groups is 1. The van der Waals surface area contributed by atoms with Crippen molar-refractivity contribution in [3.63, 3.8) is 0 Å². The molecule has 2 saturated heterocycles. The zero-order valence-electron chi connectivity index (χ0n) is 19.5. The standard InChI is InChI=1S/C23H44N6O/c1-4-24-23(25-16-19(2)17-28-14-12-27(3)13-15-28)26-21-10-11-29(18-21)22(30)20-8-6-5-7-9-20/h19-21H,4-18H2,1-3H3,(H2,24,25,26). The number of likely N-dealkylation sites (tertiary alicyclic amines) is 1. The lowest BCUT2D eigenvalue weighted by molar-refractivity contribution is -0.135. The number of rotatable bonds is 7. The van der Waals surface area contributed by atoms with E-state index in [1.54, 1.807) is 0 Å². The predicted octanol–water partition coefficient (Wildman–Crippen LogP) is 1.61. The lowest BCUT2D eigenvalue weighted by Gasteiger charge is -2.33. The fourth-order valence-corrected chi connectivity index (χ4v) is 4.98. The van der Waals surface area contributed by atoms with Gasteiger partial charge in [-0.2, -0.15) is 0 Å². The van der Waals surface area contributed by atoms with Crippen molar-refractivity contribution in [2.45, 2.75) is 58.4 Å². The minimum atomic E-state index is 0.273. The fraction of sp³-hybridized carbons (Fsp3) is 0.913. The van der Waals surface area contributed by atoms with E-state index in [-0.39, 0.29) is 5.92 Å². The van der Waals surface area contributed by atoms with Gasteiger partial charge in [-0.1, -0.05) is 26.2 Å². The molecule has 2 aliphatic heterocycles. The Labute approximate surface area is 183 Å². The van der Waals surface area contributed by atoms with Gasteiger partial charge in [-0.25, -0.2) is 0 Å². The highest BCUT2D eigenvalue weighted by Crippen LogP contribution is 2.26. The molecule has 7 nitrogen and oxygen atoms in total. The van der Waals surface area contributed by atoms with E-state index in [9.17, 15) is 4.79 Å². The first-order chi connectivity index (χ1) is 14.5. The fourth-order valence-electron chi connectivity index (χ4n) is 4.98. The van der Waals surface area contributed by atoms with Gasteiger partial charge in [0.2, 0.25) is 5.91 Å². The van der Waals surface area contributed by atoms with Crippen molar-refractivity contribution in [2.24, 2.45) is 16.8 Å². The molecule has 3 rings (SSSR count). The first kappa shape index (κ1) is 23.3. The Bertz CT molecular complexity index is 554. The molecule has 3 fully saturated rings. The van der Waals surface area contributed by atoms with E-state index < -0.39 is 0 Å². The van der Waals surface area contributed by atoms with E-state index in [4.69, 9.17) is 4.99 Å². The number of amides is 1. The van der Waals surface area contributed by atoms with Crippen LogP contribution in [0.5, 0.6) is 0 Å². The molecule has 1 saturated carbocycles. The summed E-state index contributed by atoms with van der Waals surface area (Å²) in [6, 6.07) is 0.309. The van der Waals surface area contributed by atoms with Crippen LogP contribution in [-0.4, -0.2) is 98.6 Å². The van der Waals surface area contributed by atoms with E-state index in [1.807, 2.05) is 0 Å². The first-order valence-electron chi connectivity index (χ1n) is 12.3. The van der Waals surface area contributed by atoms with E-state index >= 15 is 0 Å². The molecule has 0 spiro atoms. The highest BCUT2D eigenvalue weighted by atomic mass is 16.2. The number of aliphatic imine (C=N–C) groups is 1. The number of hydrogen-bond donors (Lipinski definition) is 2. The third-order valence-corrected chi connectivity index (χ3v) is 6.87. The minimum Gasteiger partial charge on any atom is -0.357 e. The number of nitrogens with one attached hydrogen (secondary N) is 2. The Hall–Kier alpha value is -1.34. The molecule has 2 heterocycles. The molecule has 7 heteroatoms. The maximum absolute atomic E-state index is 12.8. The molecule has 0 aromatic carbocycles. The van der Waals surface area contributed by atoms with E-state index in [2.05, 4.69) is 46.2 Å². The Morgan fingerprint density at radius 2 is 1.80 bits per heavy atom. The Morgan fingerprint density at radius 3 is 2.50 bits per heavy atom. The maximum atomic E-state index is 12.8. The summed E-state index contributed by atoms with van der Waals surface area (Å²) in [5, 5.41) is 6.99. The molecule has 2 atom stereocenters. The van der Waals surface area contributed by atoms with Crippen LogP contribution < -0.4 is 10.6 Å². The SMILES string of the molecule is CCNC(=NCC(C)CN1CCN(C)CC1)NC1CCN(C(=O)C2CCCCC2)C1. The van der Waals surface area contributed by atoms with Crippen LogP contribution in [0.1, 0.15) is 52.4 Å². The number of carbonyl (C=O) groups is 1. The zero-order valence-corrected chi connectivity index (χ0v) is 19.5. The number of nitrogens with zero attached hydrogens (tertiary/aromatic N) is 4. The van der Waals surface area contributed by atoms with Crippen molar-refractivity contribution in [3.05, 3.63) is 0 Å². The predicted molar refractivity (Wildman–Crippen MR) is 124 cm³/mol. The van der Waals surface area contributed by atoms with Crippen LogP contribution >= 0.6 is 0 Å². The third-order valence-electron chi connectivity index (χ3n) is 6.87.